The second kappa shape index (κ2) is 8.23. The van der Waals surface area contributed by atoms with Crippen molar-refractivity contribution in [2.75, 3.05) is 24.9 Å². The van der Waals surface area contributed by atoms with Crippen molar-refractivity contribution in [3.63, 3.8) is 0 Å². The molecule has 0 unspecified atom stereocenters. The van der Waals surface area contributed by atoms with Gasteiger partial charge in [-0.3, -0.25) is 4.79 Å². The van der Waals surface area contributed by atoms with E-state index in [1.165, 1.54) is 12.1 Å². The summed E-state index contributed by atoms with van der Waals surface area (Å²) < 4.78 is 24.3. The molecule has 0 spiro atoms. The summed E-state index contributed by atoms with van der Waals surface area (Å²) >= 11 is 0. The van der Waals surface area contributed by atoms with Crippen LogP contribution >= 0.6 is 0 Å². The minimum absolute atomic E-state index is 0.000758. The molecular weight excluding hydrogens is 347 g/mol. The van der Waals surface area contributed by atoms with Crippen molar-refractivity contribution in [2.45, 2.75) is 0 Å². The number of amides is 1. The molecule has 27 heavy (non-hydrogen) atoms. The quantitative estimate of drug-likeness (QED) is 0.655. The van der Waals surface area contributed by atoms with Crippen molar-refractivity contribution in [3.05, 3.63) is 78.1 Å². The molecule has 2 N–H and O–H groups in total. The zero-order valence-electron chi connectivity index (χ0n) is 15.0. The van der Waals surface area contributed by atoms with E-state index in [1.807, 2.05) is 18.2 Å². The largest absolute Gasteiger partial charge is 0.497 e. The van der Waals surface area contributed by atoms with Crippen LogP contribution in [-0.2, 0) is 0 Å². The van der Waals surface area contributed by atoms with E-state index in [0.717, 1.165) is 11.4 Å². The maximum Gasteiger partial charge on any atom is 0.258 e. The number of benzene rings is 3. The van der Waals surface area contributed by atoms with Crippen LogP contribution in [-0.4, -0.2) is 20.1 Å². The average molecular weight is 366 g/mol. The highest BCUT2D eigenvalue weighted by Gasteiger charge is 2.11. The number of nitrogens with one attached hydrogen (secondary N) is 2. The fourth-order valence-electron chi connectivity index (χ4n) is 2.55. The predicted octanol–water partition coefficient (Wildman–Crippen LogP) is 4.84. The number of rotatable bonds is 6. The normalized spacial score (nSPS) is 10.2. The summed E-state index contributed by atoms with van der Waals surface area (Å²) in [6, 6.07) is 18.4. The Kier molecular flexibility index (Phi) is 5.56. The Bertz CT molecular complexity index is 942. The van der Waals surface area contributed by atoms with Crippen molar-refractivity contribution >= 4 is 23.0 Å². The number of anilines is 3. The maximum atomic E-state index is 13.7. The Hall–Kier alpha value is -3.54. The molecule has 0 radical (unpaired) electrons. The van der Waals surface area contributed by atoms with Crippen LogP contribution in [0.4, 0.5) is 21.5 Å². The molecule has 0 atom stereocenters. The van der Waals surface area contributed by atoms with E-state index in [1.54, 1.807) is 50.6 Å². The third-order valence-corrected chi connectivity index (χ3v) is 3.95. The van der Waals surface area contributed by atoms with Crippen LogP contribution in [0.3, 0.4) is 0 Å². The number of carbonyl (C=O) groups is 1. The molecular formula is C21H19FN2O3. The van der Waals surface area contributed by atoms with Crippen LogP contribution in [0.5, 0.6) is 11.5 Å². The summed E-state index contributed by atoms with van der Waals surface area (Å²) in [4.78, 5) is 12.2. The molecule has 0 fully saturated rings. The summed E-state index contributed by atoms with van der Waals surface area (Å²) in [7, 11) is 3.19. The molecule has 0 aliphatic carbocycles. The zero-order chi connectivity index (χ0) is 19.2. The molecule has 0 heterocycles. The average Bonchev–Trinajstić information content (AvgIpc) is 2.69. The monoisotopic (exact) mass is 366 g/mol. The van der Waals surface area contributed by atoms with Gasteiger partial charge in [0.25, 0.3) is 5.91 Å². The lowest BCUT2D eigenvalue weighted by Crippen LogP contribution is -2.13. The highest BCUT2D eigenvalue weighted by Crippen LogP contribution is 2.31. The predicted molar refractivity (Wildman–Crippen MR) is 104 cm³/mol. The molecule has 0 aromatic heterocycles. The van der Waals surface area contributed by atoms with Crippen molar-refractivity contribution in [2.24, 2.45) is 0 Å². The molecule has 0 aliphatic heterocycles. The van der Waals surface area contributed by atoms with E-state index in [9.17, 15) is 9.18 Å². The first-order valence-electron chi connectivity index (χ1n) is 8.25. The Morgan fingerprint density at radius 3 is 2.26 bits per heavy atom. The molecule has 138 valence electrons. The van der Waals surface area contributed by atoms with E-state index >= 15 is 0 Å². The fraction of sp³-hybridized carbons (Fsp3) is 0.0952. The van der Waals surface area contributed by atoms with Crippen LogP contribution in [0.25, 0.3) is 0 Å². The lowest BCUT2D eigenvalue weighted by atomic mass is 10.2. The van der Waals surface area contributed by atoms with Crippen molar-refractivity contribution in [3.8, 4) is 11.5 Å². The number of hydrogen-bond acceptors (Lipinski definition) is 4. The molecule has 1 amide bonds. The highest BCUT2D eigenvalue weighted by molar-refractivity contribution is 6.04. The SMILES string of the molecule is COc1ccc(OC)c(Nc2ccc(NC(=O)c3ccccc3F)cc2)c1. The Morgan fingerprint density at radius 2 is 1.59 bits per heavy atom. The molecule has 0 aliphatic rings. The summed E-state index contributed by atoms with van der Waals surface area (Å²) in [5.41, 5.74) is 2.11. The molecule has 3 rings (SSSR count). The van der Waals surface area contributed by atoms with E-state index in [-0.39, 0.29) is 5.56 Å². The molecule has 3 aromatic carbocycles. The summed E-state index contributed by atoms with van der Waals surface area (Å²) in [6.07, 6.45) is 0. The number of hydrogen-bond donors (Lipinski definition) is 2. The summed E-state index contributed by atoms with van der Waals surface area (Å²) in [5.74, 6) is 0.321. The molecule has 0 saturated carbocycles. The van der Waals surface area contributed by atoms with Crippen LogP contribution in [0, 0.1) is 5.82 Å². The van der Waals surface area contributed by atoms with Gasteiger partial charge in [-0.1, -0.05) is 12.1 Å². The smallest absolute Gasteiger partial charge is 0.258 e. The zero-order valence-corrected chi connectivity index (χ0v) is 15.0. The second-order valence-electron chi connectivity index (χ2n) is 5.70. The molecule has 5 nitrogen and oxygen atoms in total. The van der Waals surface area contributed by atoms with Gasteiger partial charge in [-0.05, 0) is 48.5 Å². The Balaban J connectivity index is 1.73. The third-order valence-electron chi connectivity index (χ3n) is 3.95. The van der Waals surface area contributed by atoms with Crippen LogP contribution in [0.1, 0.15) is 10.4 Å². The first-order valence-corrected chi connectivity index (χ1v) is 8.25. The second-order valence-corrected chi connectivity index (χ2v) is 5.70. The van der Waals surface area contributed by atoms with E-state index in [0.29, 0.717) is 17.2 Å². The number of methoxy groups -OCH3 is 2. The minimum atomic E-state index is -0.557. The van der Waals surface area contributed by atoms with E-state index < -0.39 is 11.7 Å². The lowest BCUT2D eigenvalue weighted by Gasteiger charge is -2.13. The lowest BCUT2D eigenvalue weighted by molar-refractivity contribution is 0.102. The number of halogens is 1. The van der Waals surface area contributed by atoms with E-state index in [2.05, 4.69) is 10.6 Å². The van der Waals surface area contributed by atoms with Gasteiger partial charge in [0.1, 0.15) is 17.3 Å². The van der Waals surface area contributed by atoms with Crippen LogP contribution < -0.4 is 20.1 Å². The number of carbonyl (C=O) groups excluding carboxylic acids is 1. The first kappa shape index (κ1) is 18.3. The van der Waals surface area contributed by atoms with Gasteiger partial charge in [0.15, 0.2) is 0 Å². The van der Waals surface area contributed by atoms with Gasteiger partial charge >= 0.3 is 0 Å². The summed E-state index contributed by atoms with van der Waals surface area (Å²) in [6.45, 7) is 0. The van der Waals surface area contributed by atoms with Crippen LogP contribution in [0.2, 0.25) is 0 Å². The first-order chi connectivity index (χ1) is 13.1. The molecule has 6 heteroatoms. The van der Waals surface area contributed by atoms with Gasteiger partial charge in [-0.15, -0.1) is 0 Å². The Morgan fingerprint density at radius 1 is 0.889 bits per heavy atom. The Labute approximate surface area is 156 Å². The molecule has 0 bridgehead atoms. The van der Waals surface area contributed by atoms with Crippen molar-refractivity contribution < 1.29 is 18.7 Å². The fourth-order valence-corrected chi connectivity index (χ4v) is 2.55. The molecule has 3 aromatic rings. The number of ether oxygens (including phenoxy) is 2. The van der Waals surface area contributed by atoms with Gasteiger partial charge in [-0.25, -0.2) is 4.39 Å². The topological polar surface area (TPSA) is 59.6 Å². The van der Waals surface area contributed by atoms with Gasteiger partial charge in [0.2, 0.25) is 0 Å². The third kappa shape index (κ3) is 4.36. The van der Waals surface area contributed by atoms with Crippen LogP contribution in [0.15, 0.2) is 66.7 Å². The van der Waals surface area contributed by atoms with Gasteiger partial charge < -0.3 is 20.1 Å². The van der Waals surface area contributed by atoms with Crippen molar-refractivity contribution in [1.29, 1.82) is 0 Å². The molecule has 0 saturated heterocycles. The summed E-state index contributed by atoms with van der Waals surface area (Å²) in [5, 5.41) is 5.92. The maximum absolute atomic E-state index is 13.7. The van der Waals surface area contributed by atoms with Gasteiger partial charge in [0, 0.05) is 17.4 Å². The standard InChI is InChI=1S/C21H19FN2O3/c1-26-16-11-12-20(27-2)19(13-16)23-14-7-9-15(10-8-14)24-21(25)17-5-3-4-6-18(17)22/h3-13,23H,1-2H3,(H,24,25). The highest BCUT2D eigenvalue weighted by atomic mass is 19.1. The minimum Gasteiger partial charge on any atom is -0.497 e. The van der Waals surface area contributed by atoms with E-state index in [4.69, 9.17) is 9.47 Å². The van der Waals surface area contributed by atoms with Gasteiger partial charge in [-0.2, -0.15) is 0 Å². The van der Waals surface area contributed by atoms with Gasteiger partial charge in [0.05, 0.1) is 25.5 Å². The van der Waals surface area contributed by atoms with Crippen molar-refractivity contribution in [1.82, 2.24) is 0 Å².